The van der Waals surface area contributed by atoms with Gasteiger partial charge in [0.15, 0.2) is 11.5 Å². The number of nitrogens with two attached hydrogens (primary N) is 1. The molecule has 0 saturated heterocycles. The van der Waals surface area contributed by atoms with Gasteiger partial charge in [0.2, 0.25) is 5.16 Å². The number of hydrogen-bond acceptors (Lipinski definition) is 8. The van der Waals surface area contributed by atoms with E-state index in [0.717, 1.165) is 11.8 Å². The highest BCUT2D eigenvalue weighted by molar-refractivity contribution is 7.99. The van der Waals surface area contributed by atoms with Crippen LogP contribution in [0.1, 0.15) is 11.5 Å². The van der Waals surface area contributed by atoms with Gasteiger partial charge >= 0.3 is 0 Å². The molecule has 0 spiro atoms. The standard InChI is InChI=1S/C9H9N7O3S/c1-4-11-9(14-13-4)20-6-3-2-5(16(18)19)7(12-6)8(10)15-17/h2-3,17H,1H3,(H2,10,15)(H,11,13,14). The number of nitro groups is 1. The van der Waals surface area contributed by atoms with Crippen molar-refractivity contribution in [3.05, 3.63) is 33.8 Å². The molecule has 4 N–H and O–H groups in total. The van der Waals surface area contributed by atoms with Crippen molar-refractivity contribution in [3.63, 3.8) is 0 Å². The van der Waals surface area contributed by atoms with E-state index in [0.29, 0.717) is 16.0 Å². The molecule has 0 bridgehead atoms. The molecule has 20 heavy (non-hydrogen) atoms. The molecule has 2 heterocycles. The normalized spacial score (nSPS) is 11.6. The molecule has 0 aliphatic carbocycles. The predicted octanol–water partition coefficient (Wildman–Crippen LogP) is 0.662. The van der Waals surface area contributed by atoms with Gasteiger partial charge in [0, 0.05) is 6.07 Å². The number of nitrogens with zero attached hydrogens (tertiary/aromatic N) is 5. The Labute approximate surface area is 116 Å². The Morgan fingerprint density at radius 2 is 2.30 bits per heavy atom. The van der Waals surface area contributed by atoms with E-state index in [1.807, 2.05) is 0 Å². The van der Waals surface area contributed by atoms with Gasteiger partial charge in [-0.25, -0.2) is 9.97 Å². The van der Waals surface area contributed by atoms with Gasteiger partial charge in [0.05, 0.1) is 4.92 Å². The fraction of sp³-hybridized carbons (Fsp3) is 0.111. The number of amidine groups is 1. The summed E-state index contributed by atoms with van der Waals surface area (Å²) in [6.07, 6.45) is 0. The lowest BCUT2D eigenvalue weighted by atomic mass is 10.3. The lowest BCUT2D eigenvalue weighted by molar-refractivity contribution is -0.385. The zero-order chi connectivity index (χ0) is 14.7. The second-order valence-corrected chi connectivity index (χ2v) is 4.55. The van der Waals surface area contributed by atoms with E-state index in [-0.39, 0.29) is 11.4 Å². The van der Waals surface area contributed by atoms with E-state index in [9.17, 15) is 10.1 Å². The van der Waals surface area contributed by atoms with Crippen LogP contribution in [0.2, 0.25) is 0 Å². The van der Waals surface area contributed by atoms with Gasteiger partial charge in [-0.1, -0.05) is 5.16 Å². The third kappa shape index (κ3) is 2.83. The van der Waals surface area contributed by atoms with Crippen LogP contribution in [0.25, 0.3) is 0 Å². The van der Waals surface area contributed by atoms with Crippen LogP contribution < -0.4 is 5.73 Å². The third-order valence-corrected chi connectivity index (χ3v) is 2.97. The minimum Gasteiger partial charge on any atom is -0.409 e. The minimum absolute atomic E-state index is 0.213. The molecule has 2 rings (SSSR count). The number of oxime groups is 1. The Morgan fingerprint density at radius 3 is 2.85 bits per heavy atom. The first-order valence-electron chi connectivity index (χ1n) is 5.21. The van der Waals surface area contributed by atoms with Gasteiger partial charge in [0.1, 0.15) is 10.9 Å². The van der Waals surface area contributed by atoms with Crippen LogP contribution in [0.15, 0.2) is 27.5 Å². The summed E-state index contributed by atoms with van der Waals surface area (Å²) in [7, 11) is 0. The molecule has 0 aliphatic rings. The van der Waals surface area contributed by atoms with Gasteiger partial charge in [-0.05, 0) is 24.8 Å². The minimum atomic E-state index is -0.661. The van der Waals surface area contributed by atoms with Crippen LogP contribution in [-0.2, 0) is 0 Å². The summed E-state index contributed by atoms with van der Waals surface area (Å²) in [5, 5.41) is 29.6. The van der Waals surface area contributed by atoms with Gasteiger partial charge in [-0.2, -0.15) is 0 Å². The van der Waals surface area contributed by atoms with Crippen molar-refractivity contribution in [3.8, 4) is 0 Å². The molecule has 0 fully saturated rings. The van der Waals surface area contributed by atoms with E-state index >= 15 is 0 Å². The van der Waals surface area contributed by atoms with Gasteiger partial charge in [-0.15, -0.1) is 5.10 Å². The van der Waals surface area contributed by atoms with Crippen LogP contribution >= 0.6 is 11.8 Å². The molecule has 2 aromatic rings. The van der Waals surface area contributed by atoms with Crippen molar-refractivity contribution in [1.82, 2.24) is 20.2 Å². The number of aryl methyl sites for hydroxylation is 1. The molecular weight excluding hydrogens is 286 g/mol. The molecule has 0 radical (unpaired) electrons. The number of aromatic amines is 1. The lowest BCUT2D eigenvalue weighted by Gasteiger charge is -2.02. The number of hydrogen-bond donors (Lipinski definition) is 3. The fourth-order valence-electron chi connectivity index (χ4n) is 1.34. The Kier molecular flexibility index (Phi) is 3.79. The molecule has 0 saturated carbocycles. The maximum atomic E-state index is 10.9. The highest BCUT2D eigenvalue weighted by Gasteiger charge is 2.20. The summed E-state index contributed by atoms with van der Waals surface area (Å²) in [4.78, 5) is 18.2. The van der Waals surface area contributed by atoms with E-state index in [1.54, 1.807) is 6.92 Å². The highest BCUT2D eigenvalue weighted by Crippen LogP contribution is 2.26. The van der Waals surface area contributed by atoms with E-state index < -0.39 is 10.8 Å². The number of pyridine rings is 1. The van der Waals surface area contributed by atoms with Gasteiger partial charge < -0.3 is 10.9 Å². The van der Waals surface area contributed by atoms with Crippen LogP contribution in [-0.4, -0.2) is 36.1 Å². The monoisotopic (exact) mass is 295 g/mol. The molecule has 0 aromatic carbocycles. The summed E-state index contributed by atoms with van der Waals surface area (Å²) < 4.78 is 0. The Balaban J connectivity index is 2.39. The molecule has 0 amide bonds. The van der Waals surface area contributed by atoms with Gasteiger partial charge in [0.25, 0.3) is 5.69 Å². The topological polar surface area (TPSA) is 156 Å². The molecule has 2 aromatic heterocycles. The van der Waals surface area contributed by atoms with E-state index in [2.05, 4.69) is 25.3 Å². The molecule has 0 aliphatic heterocycles. The first kappa shape index (κ1) is 13.7. The summed E-state index contributed by atoms with van der Waals surface area (Å²) in [6, 6.07) is 2.66. The predicted molar refractivity (Wildman–Crippen MR) is 68.6 cm³/mol. The van der Waals surface area contributed by atoms with Crippen LogP contribution in [0, 0.1) is 17.0 Å². The largest absolute Gasteiger partial charge is 0.409 e. The second-order valence-electron chi connectivity index (χ2n) is 3.57. The smallest absolute Gasteiger partial charge is 0.298 e. The molecule has 0 unspecified atom stereocenters. The molecule has 10 nitrogen and oxygen atoms in total. The van der Waals surface area contributed by atoms with Crippen molar-refractivity contribution in [1.29, 1.82) is 0 Å². The Morgan fingerprint density at radius 1 is 1.55 bits per heavy atom. The molecule has 11 heteroatoms. The number of rotatable bonds is 4. The zero-order valence-electron chi connectivity index (χ0n) is 10.1. The van der Waals surface area contributed by atoms with E-state index in [1.165, 1.54) is 12.1 Å². The maximum Gasteiger partial charge on any atom is 0.298 e. The highest BCUT2D eigenvalue weighted by atomic mass is 32.2. The Hall–Kier alpha value is -2.69. The van der Waals surface area contributed by atoms with E-state index in [4.69, 9.17) is 10.9 Å². The van der Waals surface area contributed by atoms with Crippen molar-refractivity contribution in [2.45, 2.75) is 17.1 Å². The Bertz CT molecular complexity index is 684. The summed E-state index contributed by atoms with van der Waals surface area (Å²) in [5.41, 5.74) is 4.82. The maximum absolute atomic E-state index is 10.9. The van der Waals surface area contributed by atoms with Crippen molar-refractivity contribution in [2.24, 2.45) is 10.9 Å². The quantitative estimate of drug-likeness (QED) is 0.244. The SMILES string of the molecule is Cc1nc(Sc2ccc([N+](=O)[O-])c(/C(N)=N/O)n2)n[nH]1. The summed E-state index contributed by atoms with van der Waals surface area (Å²) in [5.74, 6) is 0.191. The third-order valence-electron chi connectivity index (χ3n) is 2.17. The first-order valence-corrected chi connectivity index (χ1v) is 6.03. The average molecular weight is 295 g/mol. The number of aromatic nitrogens is 4. The van der Waals surface area contributed by atoms with Gasteiger partial charge in [-0.3, -0.25) is 15.2 Å². The average Bonchev–Trinajstić information content (AvgIpc) is 2.82. The van der Waals surface area contributed by atoms with Crippen LogP contribution in [0.5, 0.6) is 0 Å². The van der Waals surface area contributed by atoms with Crippen molar-refractivity contribution in [2.75, 3.05) is 0 Å². The van der Waals surface area contributed by atoms with Crippen molar-refractivity contribution >= 4 is 23.3 Å². The molecule has 104 valence electrons. The summed E-state index contributed by atoms with van der Waals surface area (Å²) >= 11 is 1.09. The fourth-order valence-corrected chi connectivity index (χ4v) is 2.07. The van der Waals surface area contributed by atoms with Crippen molar-refractivity contribution < 1.29 is 10.1 Å². The number of H-pyrrole nitrogens is 1. The van der Waals surface area contributed by atoms with Crippen LogP contribution in [0.3, 0.4) is 0 Å². The summed E-state index contributed by atoms with van der Waals surface area (Å²) in [6.45, 7) is 1.74. The lowest BCUT2D eigenvalue weighted by Crippen LogP contribution is -2.17. The second kappa shape index (κ2) is 5.52. The van der Waals surface area contributed by atoms with Crippen LogP contribution in [0.4, 0.5) is 5.69 Å². The number of nitrogens with one attached hydrogen (secondary N) is 1. The zero-order valence-corrected chi connectivity index (χ0v) is 11.0. The molecular formula is C9H9N7O3S. The first-order chi connectivity index (χ1) is 9.51. The molecule has 0 atom stereocenters.